The Morgan fingerprint density at radius 2 is 2.27 bits per heavy atom. The number of benzene rings is 1. The molecule has 0 amide bonds. The van der Waals surface area contributed by atoms with Gasteiger partial charge in [-0.2, -0.15) is 11.8 Å². The van der Waals surface area contributed by atoms with E-state index in [0.717, 1.165) is 11.5 Å². The quantitative estimate of drug-likeness (QED) is 0.865. The summed E-state index contributed by atoms with van der Waals surface area (Å²) < 4.78 is 13.3. The maximum absolute atomic E-state index is 13.3. The average molecular weight is 248 g/mol. The summed E-state index contributed by atoms with van der Waals surface area (Å²) in [4.78, 5) is 0. The molecule has 1 aromatic rings. The van der Waals surface area contributed by atoms with Crippen LogP contribution in [0.3, 0.4) is 0 Å². The Kier molecular flexibility index (Phi) is 5.43. The molecule has 0 aliphatic carbocycles. The van der Waals surface area contributed by atoms with E-state index >= 15 is 0 Å². The van der Waals surface area contributed by atoms with Crippen LogP contribution in [-0.2, 0) is 6.42 Å². The molecule has 0 aliphatic heterocycles. The van der Waals surface area contributed by atoms with Gasteiger partial charge in [0.15, 0.2) is 0 Å². The van der Waals surface area contributed by atoms with Crippen LogP contribution in [0.4, 0.5) is 4.39 Å². The first-order valence-electron chi connectivity index (χ1n) is 4.90. The molecule has 0 aromatic heterocycles. The summed E-state index contributed by atoms with van der Waals surface area (Å²) >= 11 is 7.56. The zero-order valence-corrected chi connectivity index (χ0v) is 10.2. The zero-order valence-electron chi connectivity index (χ0n) is 8.67. The highest BCUT2D eigenvalue weighted by Gasteiger charge is 2.08. The molecule has 2 N–H and O–H groups in total. The van der Waals surface area contributed by atoms with Gasteiger partial charge in [0.2, 0.25) is 0 Å². The Bertz CT molecular complexity index is 319. The topological polar surface area (TPSA) is 26.0 Å². The van der Waals surface area contributed by atoms with Crippen LogP contribution in [0.2, 0.25) is 5.02 Å². The summed E-state index contributed by atoms with van der Waals surface area (Å²) in [5.41, 5.74) is 6.48. The lowest BCUT2D eigenvalue weighted by atomic mass is 10.1. The fraction of sp³-hybridized carbons (Fsp3) is 0.455. The van der Waals surface area contributed by atoms with Gasteiger partial charge in [0.25, 0.3) is 0 Å². The van der Waals surface area contributed by atoms with Crippen molar-refractivity contribution in [3.63, 3.8) is 0 Å². The second-order valence-electron chi connectivity index (χ2n) is 3.36. The largest absolute Gasteiger partial charge is 0.327 e. The third kappa shape index (κ3) is 4.41. The van der Waals surface area contributed by atoms with Gasteiger partial charge in [-0.05, 0) is 35.9 Å². The maximum Gasteiger partial charge on any atom is 0.126 e. The third-order valence-electron chi connectivity index (χ3n) is 2.03. The molecule has 4 heteroatoms. The van der Waals surface area contributed by atoms with Gasteiger partial charge in [0, 0.05) is 16.8 Å². The minimum Gasteiger partial charge on any atom is -0.327 e. The number of hydrogen-bond acceptors (Lipinski definition) is 2. The van der Waals surface area contributed by atoms with Gasteiger partial charge in [-0.25, -0.2) is 4.39 Å². The molecule has 0 heterocycles. The van der Waals surface area contributed by atoms with Gasteiger partial charge in [-0.3, -0.25) is 0 Å². The average Bonchev–Trinajstić information content (AvgIpc) is 2.20. The Balaban J connectivity index is 2.59. The zero-order chi connectivity index (χ0) is 11.3. The van der Waals surface area contributed by atoms with Crippen molar-refractivity contribution in [2.24, 2.45) is 5.73 Å². The lowest BCUT2D eigenvalue weighted by molar-refractivity contribution is 0.597. The van der Waals surface area contributed by atoms with Crippen LogP contribution in [0, 0.1) is 5.82 Å². The van der Waals surface area contributed by atoms with E-state index in [2.05, 4.69) is 6.92 Å². The first kappa shape index (κ1) is 12.8. The molecule has 84 valence electrons. The van der Waals surface area contributed by atoms with E-state index in [-0.39, 0.29) is 11.9 Å². The lowest BCUT2D eigenvalue weighted by Crippen LogP contribution is -2.26. The Hall–Kier alpha value is -0.250. The van der Waals surface area contributed by atoms with Gasteiger partial charge in [0.05, 0.1) is 0 Å². The highest BCUT2D eigenvalue weighted by Crippen LogP contribution is 2.17. The normalized spacial score (nSPS) is 12.8. The molecule has 0 fully saturated rings. The highest BCUT2D eigenvalue weighted by atomic mass is 35.5. The van der Waals surface area contributed by atoms with E-state index in [1.54, 1.807) is 23.9 Å². The number of halogens is 2. The molecule has 1 atom stereocenters. The number of rotatable bonds is 5. The molecule has 1 nitrogen and oxygen atoms in total. The summed E-state index contributed by atoms with van der Waals surface area (Å²) in [6.07, 6.45) is 0.541. The summed E-state index contributed by atoms with van der Waals surface area (Å²) in [5, 5.41) is 0.557. The van der Waals surface area contributed by atoms with Crippen molar-refractivity contribution in [2.75, 3.05) is 11.5 Å². The predicted molar refractivity (Wildman–Crippen MR) is 66.1 cm³/mol. The van der Waals surface area contributed by atoms with Crippen molar-refractivity contribution in [3.8, 4) is 0 Å². The molecule has 0 radical (unpaired) electrons. The van der Waals surface area contributed by atoms with E-state index < -0.39 is 0 Å². The molecule has 0 aliphatic rings. The first-order valence-corrected chi connectivity index (χ1v) is 6.44. The van der Waals surface area contributed by atoms with E-state index in [4.69, 9.17) is 17.3 Å². The van der Waals surface area contributed by atoms with Gasteiger partial charge < -0.3 is 5.73 Å². The molecular weight excluding hydrogens is 233 g/mol. The van der Waals surface area contributed by atoms with Gasteiger partial charge >= 0.3 is 0 Å². The van der Waals surface area contributed by atoms with E-state index in [0.29, 0.717) is 17.0 Å². The summed E-state index contributed by atoms with van der Waals surface area (Å²) in [6, 6.07) is 4.57. The van der Waals surface area contributed by atoms with E-state index in [9.17, 15) is 4.39 Å². The van der Waals surface area contributed by atoms with Crippen LogP contribution in [-0.4, -0.2) is 17.5 Å². The first-order chi connectivity index (χ1) is 7.13. The van der Waals surface area contributed by atoms with Crippen LogP contribution in [0.25, 0.3) is 0 Å². The highest BCUT2D eigenvalue weighted by molar-refractivity contribution is 7.99. The summed E-state index contributed by atoms with van der Waals surface area (Å²) in [6.45, 7) is 2.08. The van der Waals surface area contributed by atoms with Crippen LogP contribution in [0.15, 0.2) is 18.2 Å². The predicted octanol–water partition coefficient (Wildman–Crippen LogP) is 3.10. The fourth-order valence-electron chi connectivity index (χ4n) is 1.31. The molecule has 0 spiro atoms. The minimum atomic E-state index is -0.226. The smallest absolute Gasteiger partial charge is 0.126 e. The van der Waals surface area contributed by atoms with Crippen molar-refractivity contribution in [1.82, 2.24) is 0 Å². The van der Waals surface area contributed by atoms with E-state index in [1.807, 2.05) is 0 Å². The lowest BCUT2D eigenvalue weighted by Gasteiger charge is -2.11. The van der Waals surface area contributed by atoms with Crippen molar-refractivity contribution >= 4 is 23.4 Å². The number of hydrogen-bond donors (Lipinski definition) is 1. The number of nitrogens with two attached hydrogens (primary N) is 1. The molecule has 15 heavy (non-hydrogen) atoms. The second-order valence-corrected chi connectivity index (χ2v) is 5.11. The van der Waals surface area contributed by atoms with Gasteiger partial charge in [0.1, 0.15) is 5.82 Å². The number of thioether (sulfide) groups is 1. The van der Waals surface area contributed by atoms with Gasteiger partial charge in [-0.1, -0.05) is 18.5 Å². The van der Waals surface area contributed by atoms with Crippen LogP contribution >= 0.6 is 23.4 Å². The van der Waals surface area contributed by atoms with E-state index in [1.165, 1.54) is 6.07 Å². The molecule has 1 unspecified atom stereocenters. The van der Waals surface area contributed by atoms with Crippen LogP contribution in [0.1, 0.15) is 12.5 Å². The van der Waals surface area contributed by atoms with Crippen molar-refractivity contribution in [2.45, 2.75) is 19.4 Å². The van der Waals surface area contributed by atoms with Crippen molar-refractivity contribution in [3.05, 3.63) is 34.6 Å². The molecule has 0 saturated carbocycles. The fourth-order valence-corrected chi connectivity index (χ4v) is 2.16. The monoisotopic (exact) mass is 247 g/mol. The second kappa shape index (κ2) is 6.36. The Labute approximate surface area is 99.2 Å². The molecule has 0 saturated heterocycles. The molecule has 1 rings (SSSR count). The van der Waals surface area contributed by atoms with Crippen molar-refractivity contribution < 1.29 is 4.39 Å². The molecule has 0 bridgehead atoms. The van der Waals surface area contributed by atoms with Crippen molar-refractivity contribution in [1.29, 1.82) is 0 Å². The molecule has 1 aromatic carbocycles. The standard InChI is InChI=1S/C11H15ClFNS/c1-2-15-7-10(14)6-8-5-9(12)3-4-11(8)13/h3-5,10H,2,6-7,14H2,1H3. The third-order valence-corrected chi connectivity index (χ3v) is 3.33. The summed E-state index contributed by atoms with van der Waals surface area (Å²) in [5.74, 6) is 1.66. The maximum atomic E-state index is 13.3. The summed E-state index contributed by atoms with van der Waals surface area (Å²) in [7, 11) is 0. The molecular formula is C11H15ClFNS. The van der Waals surface area contributed by atoms with Crippen LogP contribution in [0.5, 0.6) is 0 Å². The SMILES string of the molecule is CCSCC(N)Cc1cc(Cl)ccc1F. The Morgan fingerprint density at radius 3 is 2.93 bits per heavy atom. The van der Waals surface area contributed by atoms with Crippen LogP contribution < -0.4 is 5.73 Å². The van der Waals surface area contributed by atoms with Gasteiger partial charge in [-0.15, -0.1) is 0 Å². The Morgan fingerprint density at radius 1 is 1.53 bits per heavy atom. The minimum absolute atomic E-state index is 0.0112.